The number of pyridine rings is 1. The predicted molar refractivity (Wildman–Crippen MR) is 61.3 cm³/mol. The molecular formula is C12H16ClNO. The summed E-state index contributed by atoms with van der Waals surface area (Å²) >= 11 is 5.69. The van der Waals surface area contributed by atoms with Crippen molar-refractivity contribution in [3.05, 3.63) is 23.5 Å². The summed E-state index contributed by atoms with van der Waals surface area (Å²) in [6, 6.07) is 3.63. The molecular weight excluding hydrogens is 210 g/mol. The molecule has 0 N–H and O–H groups in total. The van der Waals surface area contributed by atoms with Crippen molar-refractivity contribution in [1.29, 1.82) is 0 Å². The van der Waals surface area contributed by atoms with E-state index in [2.05, 4.69) is 4.98 Å². The van der Waals surface area contributed by atoms with Gasteiger partial charge in [-0.2, -0.15) is 0 Å². The lowest BCUT2D eigenvalue weighted by Gasteiger charge is -2.21. The van der Waals surface area contributed by atoms with Crippen molar-refractivity contribution < 1.29 is 4.74 Å². The third-order valence-corrected chi connectivity index (χ3v) is 3.13. The Morgan fingerprint density at radius 1 is 1.27 bits per heavy atom. The fourth-order valence-electron chi connectivity index (χ4n) is 2.02. The minimum absolute atomic E-state index is 0.514. The molecule has 0 saturated heterocycles. The van der Waals surface area contributed by atoms with E-state index >= 15 is 0 Å². The van der Waals surface area contributed by atoms with E-state index < -0.39 is 0 Å². The first-order chi connectivity index (χ1) is 7.34. The SMILES string of the molecule is Clc1ccc(OCC2CCCCC2)cn1. The maximum absolute atomic E-state index is 5.69. The van der Waals surface area contributed by atoms with E-state index in [1.807, 2.05) is 6.07 Å². The van der Waals surface area contributed by atoms with Gasteiger partial charge in [-0.05, 0) is 30.9 Å². The Balaban J connectivity index is 1.79. The van der Waals surface area contributed by atoms with E-state index in [1.54, 1.807) is 12.3 Å². The standard InChI is InChI=1S/C12H16ClNO/c13-12-7-6-11(8-14-12)15-9-10-4-2-1-3-5-10/h6-8,10H,1-5,9H2. The van der Waals surface area contributed by atoms with Crippen molar-refractivity contribution in [2.45, 2.75) is 32.1 Å². The first kappa shape index (κ1) is 10.7. The molecule has 0 unspecified atom stereocenters. The van der Waals surface area contributed by atoms with Crippen LogP contribution in [-0.2, 0) is 0 Å². The smallest absolute Gasteiger partial charge is 0.137 e. The van der Waals surface area contributed by atoms with Gasteiger partial charge in [-0.1, -0.05) is 30.9 Å². The maximum atomic E-state index is 5.69. The highest BCUT2D eigenvalue weighted by molar-refractivity contribution is 6.29. The zero-order chi connectivity index (χ0) is 10.5. The molecule has 0 atom stereocenters. The molecule has 1 aliphatic rings. The molecule has 0 spiro atoms. The topological polar surface area (TPSA) is 22.1 Å². The number of nitrogens with zero attached hydrogens (tertiary/aromatic N) is 1. The van der Waals surface area contributed by atoms with E-state index in [0.29, 0.717) is 5.15 Å². The van der Waals surface area contributed by atoms with Crippen molar-refractivity contribution in [1.82, 2.24) is 4.98 Å². The van der Waals surface area contributed by atoms with E-state index in [1.165, 1.54) is 32.1 Å². The minimum atomic E-state index is 0.514. The molecule has 2 nitrogen and oxygen atoms in total. The molecule has 0 aliphatic heterocycles. The summed E-state index contributed by atoms with van der Waals surface area (Å²) in [6.07, 6.45) is 8.39. The number of ether oxygens (including phenoxy) is 1. The first-order valence-electron chi connectivity index (χ1n) is 5.59. The van der Waals surface area contributed by atoms with Crippen LogP contribution in [0.2, 0.25) is 5.15 Å². The van der Waals surface area contributed by atoms with E-state index in [4.69, 9.17) is 16.3 Å². The minimum Gasteiger partial charge on any atom is -0.492 e. The van der Waals surface area contributed by atoms with Crippen LogP contribution in [0.3, 0.4) is 0 Å². The number of rotatable bonds is 3. The highest BCUT2D eigenvalue weighted by atomic mass is 35.5. The molecule has 1 saturated carbocycles. The summed E-state index contributed by atoms with van der Waals surface area (Å²) in [5.41, 5.74) is 0. The van der Waals surface area contributed by atoms with Crippen LogP contribution in [-0.4, -0.2) is 11.6 Å². The van der Waals surface area contributed by atoms with Crippen molar-refractivity contribution in [2.75, 3.05) is 6.61 Å². The number of hydrogen-bond donors (Lipinski definition) is 0. The molecule has 1 aliphatic carbocycles. The zero-order valence-corrected chi connectivity index (χ0v) is 9.54. The lowest BCUT2D eigenvalue weighted by Crippen LogP contribution is -2.15. The van der Waals surface area contributed by atoms with E-state index in [0.717, 1.165) is 18.3 Å². The summed E-state index contributed by atoms with van der Waals surface area (Å²) in [7, 11) is 0. The van der Waals surface area contributed by atoms with Crippen molar-refractivity contribution >= 4 is 11.6 Å². The molecule has 1 fully saturated rings. The quantitative estimate of drug-likeness (QED) is 0.732. The number of aromatic nitrogens is 1. The van der Waals surface area contributed by atoms with Gasteiger partial charge in [0.2, 0.25) is 0 Å². The molecule has 1 aromatic heterocycles. The summed E-state index contributed by atoms with van der Waals surface area (Å²) in [5.74, 6) is 1.56. The first-order valence-corrected chi connectivity index (χ1v) is 5.97. The number of hydrogen-bond acceptors (Lipinski definition) is 2. The Hall–Kier alpha value is -0.760. The van der Waals surface area contributed by atoms with Crippen LogP contribution in [0.5, 0.6) is 5.75 Å². The average molecular weight is 226 g/mol. The molecule has 3 heteroatoms. The molecule has 1 aromatic rings. The Labute approximate surface area is 95.6 Å². The molecule has 0 amide bonds. The van der Waals surface area contributed by atoms with Crippen LogP contribution in [0, 0.1) is 5.92 Å². The largest absolute Gasteiger partial charge is 0.492 e. The Morgan fingerprint density at radius 3 is 2.73 bits per heavy atom. The van der Waals surface area contributed by atoms with Crippen LogP contribution >= 0.6 is 11.6 Å². The van der Waals surface area contributed by atoms with Crippen LogP contribution in [0.15, 0.2) is 18.3 Å². The molecule has 82 valence electrons. The third kappa shape index (κ3) is 3.38. The molecule has 0 bridgehead atoms. The molecule has 2 rings (SSSR count). The normalized spacial score (nSPS) is 17.7. The summed E-state index contributed by atoms with van der Waals surface area (Å²) in [6.45, 7) is 0.823. The zero-order valence-electron chi connectivity index (χ0n) is 8.79. The van der Waals surface area contributed by atoms with Gasteiger partial charge in [-0.25, -0.2) is 4.98 Å². The van der Waals surface area contributed by atoms with Gasteiger partial charge < -0.3 is 4.74 Å². The maximum Gasteiger partial charge on any atom is 0.137 e. The van der Waals surface area contributed by atoms with Crippen LogP contribution in [0.1, 0.15) is 32.1 Å². The van der Waals surface area contributed by atoms with E-state index in [9.17, 15) is 0 Å². The van der Waals surface area contributed by atoms with Crippen LogP contribution in [0.25, 0.3) is 0 Å². The van der Waals surface area contributed by atoms with Gasteiger partial charge in [0.1, 0.15) is 10.9 Å². The molecule has 0 aromatic carbocycles. The molecule has 15 heavy (non-hydrogen) atoms. The third-order valence-electron chi connectivity index (χ3n) is 2.91. The molecule has 0 radical (unpaired) electrons. The van der Waals surface area contributed by atoms with Crippen molar-refractivity contribution in [3.8, 4) is 5.75 Å². The summed E-state index contributed by atoms with van der Waals surface area (Å²) in [5, 5.41) is 0.514. The van der Waals surface area contributed by atoms with Gasteiger partial charge in [0.25, 0.3) is 0 Å². The van der Waals surface area contributed by atoms with Gasteiger partial charge in [0, 0.05) is 0 Å². The number of halogens is 1. The molecule has 1 heterocycles. The van der Waals surface area contributed by atoms with E-state index in [-0.39, 0.29) is 0 Å². The van der Waals surface area contributed by atoms with Crippen molar-refractivity contribution in [3.63, 3.8) is 0 Å². The monoisotopic (exact) mass is 225 g/mol. The van der Waals surface area contributed by atoms with Gasteiger partial charge in [-0.15, -0.1) is 0 Å². The van der Waals surface area contributed by atoms with Gasteiger partial charge in [-0.3, -0.25) is 0 Å². The van der Waals surface area contributed by atoms with Crippen LogP contribution in [0.4, 0.5) is 0 Å². The second-order valence-corrected chi connectivity index (χ2v) is 4.52. The predicted octanol–water partition coefficient (Wildman–Crippen LogP) is 3.69. The van der Waals surface area contributed by atoms with Crippen LogP contribution < -0.4 is 4.74 Å². The summed E-state index contributed by atoms with van der Waals surface area (Å²) in [4.78, 5) is 3.98. The fraction of sp³-hybridized carbons (Fsp3) is 0.583. The lowest BCUT2D eigenvalue weighted by molar-refractivity contribution is 0.208. The van der Waals surface area contributed by atoms with Gasteiger partial charge in [0.15, 0.2) is 0 Å². The van der Waals surface area contributed by atoms with Gasteiger partial charge >= 0.3 is 0 Å². The Kier molecular flexibility index (Phi) is 3.84. The van der Waals surface area contributed by atoms with Gasteiger partial charge in [0.05, 0.1) is 12.8 Å². The fourth-order valence-corrected chi connectivity index (χ4v) is 2.13. The second-order valence-electron chi connectivity index (χ2n) is 4.13. The Bertz CT molecular complexity index is 293. The Morgan fingerprint density at radius 2 is 2.07 bits per heavy atom. The summed E-state index contributed by atoms with van der Waals surface area (Å²) < 4.78 is 5.68. The second kappa shape index (κ2) is 5.36. The average Bonchev–Trinajstić information content (AvgIpc) is 2.30. The van der Waals surface area contributed by atoms with Crippen molar-refractivity contribution in [2.24, 2.45) is 5.92 Å². The highest BCUT2D eigenvalue weighted by Gasteiger charge is 2.13. The highest BCUT2D eigenvalue weighted by Crippen LogP contribution is 2.24. The lowest BCUT2D eigenvalue weighted by atomic mass is 9.90.